The lowest BCUT2D eigenvalue weighted by molar-refractivity contribution is 0.0296. The van der Waals surface area contributed by atoms with Crippen molar-refractivity contribution in [3.05, 3.63) is 90.0 Å². The van der Waals surface area contributed by atoms with E-state index in [1.807, 2.05) is 62.5 Å². The number of aryl methyl sites for hydroxylation is 2. The van der Waals surface area contributed by atoms with Crippen LogP contribution in [0.3, 0.4) is 0 Å². The van der Waals surface area contributed by atoms with E-state index in [9.17, 15) is 0 Å². The maximum absolute atomic E-state index is 6.35. The van der Waals surface area contributed by atoms with Crippen LogP contribution >= 0.6 is 0 Å². The van der Waals surface area contributed by atoms with Crippen molar-refractivity contribution in [2.24, 2.45) is 17.8 Å². The Bertz CT molecular complexity index is 1430. The Labute approximate surface area is 204 Å². The van der Waals surface area contributed by atoms with Gasteiger partial charge in [0.2, 0.25) is 0 Å². The van der Waals surface area contributed by atoms with Gasteiger partial charge in [0.1, 0.15) is 22.7 Å². The highest BCUT2D eigenvalue weighted by Gasteiger charge is 2.15. The first-order chi connectivity index (χ1) is 17.1. The van der Waals surface area contributed by atoms with Gasteiger partial charge in [0.05, 0.1) is 11.4 Å². The predicted molar refractivity (Wildman–Crippen MR) is 138 cm³/mol. The molecule has 5 rings (SSSR count). The third kappa shape index (κ3) is 5.01. The third-order valence-electron chi connectivity index (χ3n) is 6.09. The fraction of sp³-hybridized carbons (Fsp3) is 0.259. The molecule has 0 amide bonds. The number of hydrogen-bond acceptors (Lipinski definition) is 5. The van der Waals surface area contributed by atoms with E-state index in [1.165, 1.54) is 10.4 Å². The summed E-state index contributed by atoms with van der Waals surface area (Å²) < 4.78 is 2.07. The van der Waals surface area contributed by atoms with Gasteiger partial charge in [0.25, 0.3) is 0 Å². The Kier molecular flexibility index (Phi) is 6.43. The molecule has 178 valence electrons. The zero-order chi connectivity index (χ0) is 24.2. The van der Waals surface area contributed by atoms with Gasteiger partial charge in [0, 0.05) is 31.6 Å². The average Bonchev–Trinajstić information content (AvgIpc) is 3.47. The largest absolute Gasteiger partial charge is 0.387 e. The Morgan fingerprint density at radius 3 is 2.83 bits per heavy atom. The normalized spacial score (nSPS) is 14.8. The van der Waals surface area contributed by atoms with E-state index >= 15 is 0 Å². The van der Waals surface area contributed by atoms with Crippen molar-refractivity contribution in [1.29, 1.82) is 0 Å². The number of aromatic nitrogens is 5. The van der Waals surface area contributed by atoms with Crippen molar-refractivity contribution < 1.29 is 4.84 Å². The number of para-hydroxylation sites is 2. The summed E-state index contributed by atoms with van der Waals surface area (Å²) in [5, 5.41) is 8.28. The van der Waals surface area contributed by atoms with E-state index in [4.69, 9.17) is 20.5 Å². The second kappa shape index (κ2) is 9.97. The van der Waals surface area contributed by atoms with Crippen LogP contribution in [-0.2, 0) is 13.5 Å². The van der Waals surface area contributed by atoms with Crippen LogP contribution in [0.1, 0.15) is 49.4 Å². The summed E-state index contributed by atoms with van der Waals surface area (Å²) in [6.45, 7) is 1.96. The van der Waals surface area contributed by atoms with Crippen LogP contribution in [0.2, 0.25) is 0 Å². The molecule has 1 aliphatic rings. The summed E-state index contributed by atoms with van der Waals surface area (Å²) in [4.78, 5) is 17.1. The lowest BCUT2D eigenvalue weighted by Gasteiger charge is -2.16. The summed E-state index contributed by atoms with van der Waals surface area (Å²) in [6.07, 6.45) is 11.8. The van der Waals surface area contributed by atoms with Crippen molar-refractivity contribution in [1.82, 2.24) is 24.7 Å². The molecule has 4 aromatic rings. The van der Waals surface area contributed by atoms with Crippen LogP contribution in [0.5, 0.6) is 0 Å². The SMILES string of the molecule is CC(On1nnc2ccccc21)c1ccccc1N=C(N)CCc1nc(C2=CCCC=C2)cn1C. The number of aliphatic imine (C=N–C) groups is 1. The molecule has 0 aliphatic heterocycles. The molecule has 35 heavy (non-hydrogen) atoms. The molecule has 2 aromatic heterocycles. The topological polar surface area (TPSA) is 96.1 Å². The van der Waals surface area contributed by atoms with E-state index in [0.717, 1.165) is 46.6 Å². The maximum Gasteiger partial charge on any atom is 0.151 e. The average molecular weight is 468 g/mol. The summed E-state index contributed by atoms with van der Waals surface area (Å²) in [7, 11) is 2.02. The zero-order valence-electron chi connectivity index (χ0n) is 20.0. The van der Waals surface area contributed by atoms with Gasteiger partial charge in [-0.2, -0.15) is 0 Å². The van der Waals surface area contributed by atoms with Crippen LogP contribution in [-0.4, -0.2) is 30.5 Å². The summed E-state index contributed by atoms with van der Waals surface area (Å²) in [6, 6.07) is 15.5. The minimum Gasteiger partial charge on any atom is -0.387 e. The third-order valence-corrected chi connectivity index (χ3v) is 6.09. The molecule has 1 atom stereocenters. The molecular formula is C27H29N7O. The fourth-order valence-electron chi connectivity index (χ4n) is 4.19. The molecule has 0 fully saturated rings. The Morgan fingerprint density at radius 1 is 1.14 bits per heavy atom. The van der Waals surface area contributed by atoms with Gasteiger partial charge in [-0.25, -0.2) is 9.98 Å². The highest BCUT2D eigenvalue weighted by atomic mass is 16.7. The smallest absolute Gasteiger partial charge is 0.151 e. The molecule has 8 heteroatoms. The molecule has 1 aliphatic carbocycles. The number of allylic oxidation sites excluding steroid dienone is 4. The highest BCUT2D eigenvalue weighted by Crippen LogP contribution is 2.27. The fourth-order valence-corrected chi connectivity index (χ4v) is 4.19. The minimum absolute atomic E-state index is 0.304. The Morgan fingerprint density at radius 2 is 1.97 bits per heavy atom. The molecule has 2 aromatic carbocycles. The molecular weight excluding hydrogens is 438 g/mol. The highest BCUT2D eigenvalue weighted by molar-refractivity contribution is 5.83. The van der Waals surface area contributed by atoms with Crippen molar-refractivity contribution in [3.63, 3.8) is 0 Å². The quantitative estimate of drug-likeness (QED) is 0.299. The van der Waals surface area contributed by atoms with Gasteiger partial charge in [-0.05, 0) is 48.8 Å². The van der Waals surface area contributed by atoms with E-state index in [2.05, 4.69) is 39.3 Å². The Hall–Kier alpha value is -4.20. The van der Waals surface area contributed by atoms with Crippen LogP contribution in [0.25, 0.3) is 16.6 Å². The van der Waals surface area contributed by atoms with Gasteiger partial charge in [-0.3, -0.25) is 0 Å². The molecule has 0 saturated carbocycles. The second-order valence-corrected chi connectivity index (χ2v) is 8.65. The van der Waals surface area contributed by atoms with Gasteiger partial charge >= 0.3 is 0 Å². The van der Waals surface area contributed by atoms with Crippen molar-refractivity contribution in [2.45, 2.75) is 38.7 Å². The summed E-state index contributed by atoms with van der Waals surface area (Å²) >= 11 is 0. The molecule has 2 N–H and O–H groups in total. The summed E-state index contributed by atoms with van der Waals surface area (Å²) in [5.41, 5.74) is 11.8. The molecule has 0 radical (unpaired) electrons. The minimum atomic E-state index is -0.304. The van der Waals surface area contributed by atoms with Gasteiger partial charge in [-0.1, -0.05) is 53.4 Å². The standard InChI is InChI=1S/C27H29N7O/c1-19(35-34-25-15-9-8-14-23(25)31-32-34)21-12-6-7-13-22(21)29-26(28)16-17-27-30-24(18-33(27)2)20-10-4-3-5-11-20/h4,6-15,18-19H,3,5,16-17H2,1-2H3,(H2,28,29). The first-order valence-electron chi connectivity index (χ1n) is 11.9. The number of nitrogens with two attached hydrogens (primary N) is 1. The number of nitrogens with zero attached hydrogens (tertiary/aromatic N) is 6. The van der Waals surface area contributed by atoms with E-state index in [-0.39, 0.29) is 6.10 Å². The van der Waals surface area contributed by atoms with Gasteiger partial charge in [0.15, 0.2) is 6.10 Å². The lowest BCUT2D eigenvalue weighted by atomic mass is 10.1. The van der Waals surface area contributed by atoms with Crippen LogP contribution in [0.15, 0.2) is 77.9 Å². The summed E-state index contributed by atoms with van der Waals surface area (Å²) in [5.74, 6) is 1.54. The number of hydrogen-bond donors (Lipinski definition) is 1. The monoisotopic (exact) mass is 467 g/mol. The number of fused-ring (bicyclic) bond motifs is 1. The van der Waals surface area contributed by atoms with E-state index < -0.39 is 0 Å². The molecule has 0 saturated heterocycles. The number of imidazole rings is 1. The first kappa shape index (κ1) is 22.6. The van der Waals surface area contributed by atoms with Crippen LogP contribution in [0.4, 0.5) is 5.69 Å². The molecule has 0 bridgehead atoms. The molecule has 1 unspecified atom stereocenters. The van der Waals surface area contributed by atoms with Crippen LogP contribution in [0, 0.1) is 0 Å². The second-order valence-electron chi connectivity index (χ2n) is 8.65. The maximum atomic E-state index is 6.35. The van der Waals surface area contributed by atoms with Gasteiger partial charge < -0.3 is 15.1 Å². The van der Waals surface area contributed by atoms with E-state index in [1.54, 1.807) is 0 Å². The predicted octanol–water partition coefficient (Wildman–Crippen LogP) is 4.71. The lowest BCUT2D eigenvalue weighted by Crippen LogP contribution is -2.18. The Balaban J connectivity index is 1.29. The number of amidine groups is 1. The van der Waals surface area contributed by atoms with Crippen molar-refractivity contribution in [3.8, 4) is 0 Å². The number of benzene rings is 2. The van der Waals surface area contributed by atoms with E-state index in [0.29, 0.717) is 18.7 Å². The number of rotatable bonds is 8. The van der Waals surface area contributed by atoms with Crippen LogP contribution < -0.4 is 10.6 Å². The zero-order valence-corrected chi connectivity index (χ0v) is 20.0. The first-order valence-corrected chi connectivity index (χ1v) is 11.9. The molecule has 2 heterocycles. The molecule has 8 nitrogen and oxygen atoms in total. The van der Waals surface area contributed by atoms with Crippen molar-refractivity contribution in [2.75, 3.05) is 0 Å². The van der Waals surface area contributed by atoms with Gasteiger partial charge in [-0.15, -0.1) is 5.10 Å². The molecule has 0 spiro atoms. The van der Waals surface area contributed by atoms with Crippen molar-refractivity contribution >= 4 is 28.1 Å².